The van der Waals surface area contributed by atoms with Gasteiger partial charge in [-0.05, 0) is 89.4 Å². The van der Waals surface area contributed by atoms with Crippen molar-refractivity contribution in [1.29, 1.82) is 5.26 Å². The van der Waals surface area contributed by atoms with Crippen LogP contribution in [0.15, 0.2) is 150 Å². The molecule has 1 aliphatic rings. The Morgan fingerprint density at radius 3 is 1.77 bits per heavy atom. The Morgan fingerprint density at radius 1 is 0.772 bits per heavy atom. The number of aliphatic carboxylic acids is 1. The van der Waals surface area contributed by atoms with Gasteiger partial charge in [-0.25, -0.2) is 0 Å². The number of hydrogen-bond donors (Lipinski definition) is 1. The standard InChI is InChI=1S/C46H34N4O4S3/c1-2-48-44(54)42(57-46(48)55)45-49(30-41(51)52)43(53)40(56-45)28-33(29-47)26-31-18-22-37(23-19-31)50(36-16-10-5-11-17-36)38-24-20-32(21-25-38)27-39(34-12-6-3-7-13-34)35-14-8-4-9-15-35/h3-28H,2,30H2,1H3,(H,51,52). The number of benzene rings is 5. The summed E-state index contributed by atoms with van der Waals surface area (Å²) in [5, 5.41) is 19.7. The molecule has 6 aromatic rings. The minimum Gasteiger partial charge on any atom is -0.480 e. The van der Waals surface area contributed by atoms with E-state index in [2.05, 4.69) is 65.6 Å². The van der Waals surface area contributed by atoms with Crippen LogP contribution in [0.3, 0.4) is 0 Å². The number of para-hydroxylation sites is 1. The van der Waals surface area contributed by atoms with Crippen LogP contribution in [-0.4, -0.2) is 37.3 Å². The molecule has 1 fully saturated rings. The molecule has 2 heterocycles. The zero-order chi connectivity index (χ0) is 39.9. The molecule has 1 aromatic heterocycles. The third-order valence-electron chi connectivity index (χ3n) is 9.10. The summed E-state index contributed by atoms with van der Waals surface area (Å²) in [6, 6.07) is 49.0. The number of anilines is 3. The van der Waals surface area contributed by atoms with Gasteiger partial charge in [0.1, 0.15) is 20.4 Å². The number of allylic oxidation sites excluding steroid dienone is 1. The molecule has 280 valence electrons. The number of thiazole rings is 1. The van der Waals surface area contributed by atoms with Gasteiger partial charge in [-0.2, -0.15) is 5.26 Å². The first kappa shape index (κ1) is 38.7. The van der Waals surface area contributed by atoms with E-state index in [1.54, 1.807) is 13.0 Å². The van der Waals surface area contributed by atoms with Gasteiger partial charge in [0.2, 0.25) is 0 Å². The van der Waals surface area contributed by atoms with Crippen molar-refractivity contribution < 1.29 is 14.7 Å². The number of carboxylic acid groups (broad SMARTS) is 1. The summed E-state index contributed by atoms with van der Waals surface area (Å²) in [5.41, 5.74) is 7.57. The highest BCUT2D eigenvalue weighted by molar-refractivity contribution is 8.30. The van der Waals surface area contributed by atoms with Crippen LogP contribution in [0, 0.1) is 11.3 Å². The van der Waals surface area contributed by atoms with Gasteiger partial charge in [0.15, 0.2) is 0 Å². The Bertz CT molecular complexity index is 2710. The van der Waals surface area contributed by atoms with E-state index >= 15 is 0 Å². The van der Waals surface area contributed by atoms with Crippen molar-refractivity contribution in [3.8, 4) is 6.07 Å². The first-order chi connectivity index (χ1) is 27.7. The fourth-order valence-electron chi connectivity index (χ4n) is 6.39. The van der Waals surface area contributed by atoms with Crippen molar-refractivity contribution >= 4 is 97.3 Å². The van der Waals surface area contributed by atoms with E-state index in [9.17, 15) is 24.8 Å². The molecule has 7 rings (SSSR count). The summed E-state index contributed by atoms with van der Waals surface area (Å²) in [6.07, 6.45) is 5.29. The molecule has 1 N–H and O–H groups in total. The average Bonchev–Trinajstić information content (AvgIpc) is 3.70. The maximum Gasteiger partial charge on any atom is 0.323 e. The minimum atomic E-state index is -1.23. The monoisotopic (exact) mass is 802 g/mol. The molecule has 0 spiro atoms. The number of thiocarbonyl (C=S) groups is 1. The van der Waals surface area contributed by atoms with Crippen LogP contribution in [0.5, 0.6) is 0 Å². The van der Waals surface area contributed by atoms with Gasteiger partial charge in [0, 0.05) is 23.6 Å². The van der Waals surface area contributed by atoms with Crippen molar-refractivity contribution in [3.05, 3.63) is 187 Å². The number of carbonyl (C=O) groups is 2. The van der Waals surface area contributed by atoms with E-state index in [1.807, 2.05) is 91.0 Å². The summed E-state index contributed by atoms with van der Waals surface area (Å²) >= 11 is 7.34. The van der Waals surface area contributed by atoms with E-state index < -0.39 is 18.1 Å². The second-order valence-corrected chi connectivity index (χ2v) is 15.5. The molecule has 0 atom stereocenters. The second-order valence-electron chi connectivity index (χ2n) is 12.8. The highest BCUT2D eigenvalue weighted by Gasteiger charge is 2.33. The van der Waals surface area contributed by atoms with Gasteiger partial charge in [-0.3, -0.25) is 23.9 Å². The fraction of sp³-hybridized carbons (Fsp3) is 0.0652. The van der Waals surface area contributed by atoms with Crippen LogP contribution in [0.25, 0.3) is 28.7 Å². The van der Waals surface area contributed by atoms with Crippen molar-refractivity contribution in [1.82, 2.24) is 9.47 Å². The van der Waals surface area contributed by atoms with E-state index in [0.29, 0.717) is 10.9 Å². The van der Waals surface area contributed by atoms with Crippen molar-refractivity contribution in [3.63, 3.8) is 0 Å². The van der Waals surface area contributed by atoms with Crippen molar-refractivity contribution in [2.24, 2.45) is 0 Å². The lowest BCUT2D eigenvalue weighted by molar-refractivity contribution is -0.137. The molecule has 0 aliphatic carbocycles. The normalized spacial score (nSPS) is 14.1. The Kier molecular flexibility index (Phi) is 11.9. The van der Waals surface area contributed by atoms with Crippen LogP contribution in [0.4, 0.5) is 17.1 Å². The highest BCUT2D eigenvalue weighted by atomic mass is 32.2. The van der Waals surface area contributed by atoms with Crippen molar-refractivity contribution in [2.45, 2.75) is 13.5 Å². The first-order valence-corrected chi connectivity index (χ1v) is 20.0. The maximum absolute atomic E-state index is 13.5. The van der Waals surface area contributed by atoms with Crippen LogP contribution in [0.1, 0.15) is 29.2 Å². The number of thioether (sulfide) groups is 1. The first-order valence-electron chi connectivity index (χ1n) is 17.9. The summed E-state index contributed by atoms with van der Waals surface area (Å²) in [7, 11) is 0. The topological polar surface area (TPSA) is 107 Å². The van der Waals surface area contributed by atoms with Crippen LogP contribution >= 0.6 is 35.3 Å². The zero-order valence-electron chi connectivity index (χ0n) is 30.6. The van der Waals surface area contributed by atoms with Gasteiger partial charge in [-0.15, -0.1) is 11.3 Å². The summed E-state index contributed by atoms with van der Waals surface area (Å²) in [4.78, 5) is 42.0. The third kappa shape index (κ3) is 8.64. The SMILES string of the molecule is CCN1C(=O)C(=c2sc(=CC(C#N)=Cc3ccc(N(c4ccccc4)c4ccc(C=C(c5ccccc5)c5ccccc5)cc4)cc3)c(=O)n2CC(=O)O)SC1=S. The summed E-state index contributed by atoms with van der Waals surface area (Å²) in [6.45, 7) is 1.49. The molecule has 1 amide bonds. The molecular formula is C46H34N4O4S3. The molecule has 57 heavy (non-hydrogen) atoms. The van der Waals surface area contributed by atoms with Crippen LogP contribution < -0.4 is 19.7 Å². The summed E-state index contributed by atoms with van der Waals surface area (Å²) in [5.74, 6) is -1.62. The van der Waals surface area contributed by atoms with E-state index in [1.165, 1.54) is 11.0 Å². The Balaban J connectivity index is 1.22. The number of aromatic nitrogens is 1. The van der Waals surface area contributed by atoms with Gasteiger partial charge in [0.05, 0.1) is 16.2 Å². The van der Waals surface area contributed by atoms with Crippen molar-refractivity contribution in [2.75, 3.05) is 11.4 Å². The Labute approximate surface area is 342 Å². The molecule has 8 nitrogen and oxygen atoms in total. The number of hydrogen-bond acceptors (Lipinski definition) is 8. The molecule has 0 saturated carbocycles. The number of nitriles is 1. The molecule has 1 saturated heterocycles. The maximum atomic E-state index is 13.5. The van der Waals surface area contributed by atoms with Gasteiger partial charge < -0.3 is 10.0 Å². The molecule has 0 radical (unpaired) electrons. The number of nitrogens with zero attached hydrogens (tertiary/aromatic N) is 4. The molecule has 0 bridgehead atoms. The lowest BCUT2D eigenvalue weighted by atomic mass is 9.95. The van der Waals surface area contributed by atoms with Gasteiger partial charge >= 0.3 is 5.97 Å². The number of amides is 1. The molecule has 1 aliphatic heterocycles. The Morgan fingerprint density at radius 2 is 1.28 bits per heavy atom. The quantitative estimate of drug-likeness (QED) is 0.0791. The van der Waals surface area contributed by atoms with E-state index in [-0.39, 0.29) is 25.6 Å². The third-order valence-corrected chi connectivity index (χ3v) is 11.8. The number of rotatable bonds is 11. The van der Waals surface area contributed by atoms with Crippen LogP contribution in [-0.2, 0) is 16.1 Å². The van der Waals surface area contributed by atoms with E-state index in [0.717, 1.165) is 72.6 Å². The molecule has 11 heteroatoms. The predicted molar refractivity (Wildman–Crippen MR) is 235 cm³/mol. The van der Waals surface area contributed by atoms with E-state index in [4.69, 9.17) is 12.2 Å². The largest absolute Gasteiger partial charge is 0.480 e. The van der Waals surface area contributed by atoms with Gasteiger partial charge in [-0.1, -0.05) is 127 Å². The number of carboxylic acids is 1. The lowest BCUT2D eigenvalue weighted by Gasteiger charge is -2.25. The smallest absolute Gasteiger partial charge is 0.323 e. The number of carbonyl (C=O) groups excluding carboxylic acids is 1. The second kappa shape index (κ2) is 17.5. The summed E-state index contributed by atoms with van der Waals surface area (Å²) < 4.78 is 1.71. The van der Waals surface area contributed by atoms with Crippen LogP contribution in [0.2, 0.25) is 0 Å². The lowest BCUT2D eigenvalue weighted by Crippen LogP contribution is -2.35. The predicted octanol–water partition coefficient (Wildman–Crippen LogP) is 8.43. The molecular weight excluding hydrogens is 769 g/mol. The minimum absolute atomic E-state index is 0.130. The fourth-order valence-corrected chi connectivity index (χ4v) is 9.03. The van der Waals surface area contributed by atoms with Gasteiger partial charge in [0.25, 0.3) is 11.5 Å². The Hall–Kier alpha value is -6.58. The highest BCUT2D eigenvalue weighted by Crippen LogP contribution is 2.36. The zero-order valence-corrected chi connectivity index (χ0v) is 33.1. The molecule has 5 aromatic carbocycles. The molecule has 0 unspecified atom stereocenters. The average molecular weight is 803 g/mol.